The van der Waals surface area contributed by atoms with Gasteiger partial charge in [0.25, 0.3) is 0 Å². The van der Waals surface area contributed by atoms with E-state index in [2.05, 4.69) is 32.0 Å². The molecule has 0 unspecified atom stereocenters. The fraction of sp³-hybridized carbons (Fsp3) is 0.737. The summed E-state index contributed by atoms with van der Waals surface area (Å²) in [5.74, 6) is -3.80. The first-order valence-electron chi connectivity index (χ1n) is 10.1. The molecule has 0 aromatic rings. The second-order valence-corrected chi connectivity index (χ2v) is 9.01. The number of carboxylic acid groups (broad SMARTS) is 1. The number of rotatable bonds is 14. The predicted molar refractivity (Wildman–Crippen MR) is 116 cm³/mol. The zero-order valence-corrected chi connectivity index (χ0v) is 20.3. The molecule has 178 valence electrons. The van der Waals surface area contributed by atoms with Gasteiger partial charge < -0.3 is 0 Å². The molecule has 4 atom stereocenters. The Labute approximate surface area is 190 Å². The van der Waals surface area contributed by atoms with E-state index in [1.165, 1.54) is 0 Å². The van der Waals surface area contributed by atoms with Crippen LogP contribution < -0.4 is 27.4 Å². The van der Waals surface area contributed by atoms with Crippen LogP contribution in [-0.4, -0.2) is 74.9 Å². The molecule has 0 radical (unpaired) electrons. The third-order valence-corrected chi connectivity index (χ3v) is 5.00. The van der Waals surface area contributed by atoms with Gasteiger partial charge in [0.1, 0.15) is 0 Å². The Morgan fingerprint density at radius 3 is 1.65 bits per heavy atom. The van der Waals surface area contributed by atoms with Gasteiger partial charge in [-0.15, -0.1) is 0 Å². The van der Waals surface area contributed by atoms with Gasteiger partial charge in [0.2, 0.25) is 0 Å². The van der Waals surface area contributed by atoms with Gasteiger partial charge in [0, 0.05) is 0 Å². The summed E-state index contributed by atoms with van der Waals surface area (Å²) in [6, 6.07) is -4.28. The number of carboxylic acids is 1. The average molecular weight is 508 g/mol. The molecule has 0 heterocycles. The minimum atomic E-state index is -1.20. The van der Waals surface area contributed by atoms with Crippen molar-refractivity contribution in [2.75, 3.05) is 0 Å². The maximum atomic E-state index is 12.7. The van der Waals surface area contributed by atoms with E-state index >= 15 is 0 Å². The van der Waals surface area contributed by atoms with Gasteiger partial charge in [-0.25, -0.2) is 0 Å². The fourth-order valence-corrected chi connectivity index (χ4v) is 3.26. The van der Waals surface area contributed by atoms with Crippen molar-refractivity contribution in [2.24, 2.45) is 23.3 Å². The summed E-state index contributed by atoms with van der Waals surface area (Å²) in [6.45, 7) is 7.39. The molecule has 11 nitrogen and oxygen atoms in total. The average Bonchev–Trinajstić information content (AvgIpc) is 2.62. The molecule has 0 saturated heterocycles. The monoisotopic (exact) mass is 509 g/mol. The summed E-state index contributed by atoms with van der Waals surface area (Å²) in [5, 5.41) is 17.0. The Bertz CT molecular complexity index is 658. The zero-order chi connectivity index (χ0) is 24.3. The molecule has 0 aliphatic rings. The second-order valence-electron chi connectivity index (χ2n) is 8.24. The SMILES string of the molecule is CC(C)C[C@H](NC(=O)[C@H](CC(C)C)NC(=O)[C@H](C[SeH])NC(=O)[C@@H](N)CC(N)=O)C(=O)O. The number of hydrogen-bond donors (Lipinski definition) is 6. The number of nitrogens with one attached hydrogen (secondary N) is 3. The van der Waals surface area contributed by atoms with Crippen LogP contribution in [0.25, 0.3) is 0 Å². The second kappa shape index (κ2) is 14.0. The summed E-state index contributed by atoms with van der Waals surface area (Å²) >= 11 is 2.15. The van der Waals surface area contributed by atoms with Crippen molar-refractivity contribution in [3.05, 3.63) is 0 Å². The minimum absolute atomic E-state index is 0.0267. The number of amides is 4. The molecule has 31 heavy (non-hydrogen) atoms. The van der Waals surface area contributed by atoms with Gasteiger partial charge >= 0.3 is 190 Å². The summed E-state index contributed by atoms with van der Waals surface area (Å²) < 4.78 is 0. The Kier molecular flexibility index (Phi) is 13.0. The summed E-state index contributed by atoms with van der Waals surface area (Å²) in [7, 11) is 0. The summed E-state index contributed by atoms with van der Waals surface area (Å²) in [6.07, 6.45) is 0.141. The molecular formula is C19H35N5O6Se. The summed E-state index contributed by atoms with van der Waals surface area (Å²) in [5.41, 5.74) is 10.6. The van der Waals surface area contributed by atoms with E-state index in [1.54, 1.807) is 0 Å². The molecule has 4 amide bonds. The Morgan fingerprint density at radius 1 is 0.806 bits per heavy atom. The first-order valence-corrected chi connectivity index (χ1v) is 11.4. The number of aliphatic carboxylic acids is 1. The van der Waals surface area contributed by atoms with Crippen LogP contribution in [0.15, 0.2) is 0 Å². The maximum absolute atomic E-state index is 12.7. The quantitative estimate of drug-likeness (QED) is 0.148. The van der Waals surface area contributed by atoms with Gasteiger partial charge in [0.05, 0.1) is 0 Å². The van der Waals surface area contributed by atoms with Crippen LogP contribution >= 0.6 is 0 Å². The third-order valence-electron chi connectivity index (χ3n) is 4.24. The van der Waals surface area contributed by atoms with Crippen molar-refractivity contribution in [1.29, 1.82) is 0 Å². The Morgan fingerprint density at radius 2 is 1.23 bits per heavy atom. The number of hydrogen-bond acceptors (Lipinski definition) is 6. The first kappa shape index (κ1) is 28.8. The molecule has 12 heteroatoms. The van der Waals surface area contributed by atoms with Crippen LogP contribution in [0, 0.1) is 11.8 Å². The van der Waals surface area contributed by atoms with Crippen LogP contribution in [0.1, 0.15) is 47.0 Å². The van der Waals surface area contributed by atoms with E-state index < -0.39 is 53.8 Å². The Balaban J connectivity index is 5.27. The molecule has 8 N–H and O–H groups in total. The van der Waals surface area contributed by atoms with Crippen molar-refractivity contribution in [2.45, 2.75) is 76.4 Å². The molecule has 0 aliphatic carbocycles. The van der Waals surface area contributed by atoms with Gasteiger partial charge in [-0.2, -0.15) is 0 Å². The van der Waals surface area contributed by atoms with E-state index in [-0.39, 0.29) is 36.4 Å². The number of nitrogens with two attached hydrogens (primary N) is 2. The van der Waals surface area contributed by atoms with E-state index in [0.717, 1.165) is 0 Å². The topological polar surface area (TPSA) is 194 Å². The Hall–Kier alpha value is -2.17. The van der Waals surface area contributed by atoms with Crippen LogP contribution in [0.4, 0.5) is 0 Å². The van der Waals surface area contributed by atoms with Crippen molar-refractivity contribution in [1.82, 2.24) is 16.0 Å². The number of carbonyl (C=O) groups excluding carboxylic acids is 4. The van der Waals surface area contributed by atoms with E-state index in [9.17, 15) is 29.1 Å². The molecule has 0 spiro atoms. The molecule has 0 rings (SSSR count). The molecule has 0 aromatic heterocycles. The van der Waals surface area contributed by atoms with Crippen LogP contribution in [0.3, 0.4) is 0 Å². The van der Waals surface area contributed by atoms with Crippen LogP contribution in [-0.2, 0) is 24.0 Å². The molecule has 0 bridgehead atoms. The van der Waals surface area contributed by atoms with Gasteiger partial charge in [-0.05, 0) is 0 Å². The van der Waals surface area contributed by atoms with Crippen LogP contribution in [0.5, 0.6) is 0 Å². The molecule has 0 fully saturated rings. The molecule has 0 saturated carbocycles. The van der Waals surface area contributed by atoms with E-state index in [1.807, 2.05) is 27.7 Å². The fourth-order valence-electron chi connectivity index (χ4n) is 2.72. The predicted octanol–water partition coefficient (Wildman–Crippen LogP) is -1.86. The van der Waals surface area contributed by atoms with Gasteiger partial charge in [-0.3, -0.25) is 0 Å². The van der Waals surface area contributed by atoms with Crippen molar-refractivity contribution in [3.63, 3.8) is 0 Å². The van der Waals surface area contributed by atoms with Gasteiger partial charge in [0.15, 0.2) is 0 Å². The van der Waals surface area contributed by atoms with E-state index in [0.29, 0.717) is 0 Å². The van der Waals surface area contributed by atoms with Crippen molar-refractivity contribution in [3.8, 4) is 0 Å². The molecule has 0 aromatic carbocycles. The zero-order valence-electron chi connectivity index (χ0n) is 18.4. The number of carbonyl (C=O) groups is 5. The number of primary amides is 1. The molecular weight excluding hydrogens is 473 g/mol. The van der Waals surface area contributed by atoms with Crippen molar-refractivity contribution >= 4 is 45.6 Å². The van der Waals surface area contributed by atoms with Crippen LogP contribution in [0.2, 0.25) is 5.32 Å². The first-order chi connectivity index (χ1) is 14.3. The van der Waals surface area contributed by atoms with E-state index in [4.69, 9.17) is 11.5 Å². The van der Waals surface area contributed by atoms with Crippen molar-refractivity contribution < 1.29 is 29.1 Å². The standard InChI is InChI=1S/C19H35N5O6Se/c1-9(2)5-12(17(27)23-13(19(29)30)6-10(3)4)22-18(28)14(8-31)24-16(26)11(20)7-15(21)25/h9-14,31H,5-8,20H2,1-4H3,(H2,21,25)(H,22,28)(H,23,27)(H,24,26)(H,29,30)/t11-,12-,13-,14-/m0/s1. The van der Waals surface area contributed by atoms with Gasteiger partial charge in [-0.1, -0.05) is 0 Å². The third kappa shape index (κ3) is 11.7. The normalized spacial score (nSPS) is 15.0. The molecule has 0 aliphatic heterocycles. The summed E-state index contributed by atoms with van der Waals surface area (Å²) in [4.78, 5) is 59.9.